The lowest BCUT2D eigenvalue weighted by Crippen LogP contribution is -2.45. The summed E-state index contributed by atoms with van der Waals surface area (Å²) < 4.78 is 0. The van der Waals surface area contributed by atoms with E-state index in [1.807, 2.05) is 6.07 Å². The molecule has 0 aliphatic carbocycles. The number of carbonyl (C=O) groups excluding carboxylic acids is 2. The van der Waals surface area contributed by atoms with Crippen molar-refractivity contribution in [3.05, 3.63) is 29.3 Å². The zero-order chi connectivity index (χ0) is 14.7. The highest BCUT2D eigenvalue weighted by Gasteiger charge is 2.36. The van der Waals surface area contributed by atoms with Gasteiger partial charge in [-0.2, -0.15) is 5.26 Å². The largest absolute Gasteiger partial charge is 0.312 e. The molecule has 1 heterocycles. The van der Waals surface area contributed by atoms with E-state index in [1.165, 1.54) is 6.92 Å². The molecule has 0 spiro atoms. The van der Waals surface area contributed by atoms with Gasteiger partial charge in [0.25, 0.3) is 0 Å². The Morgan fingerprint density at radius 1 is 1.55 bits per heavy atom. The second-order valence-corrected chi connectivity index (χ2v) is 5.35. The molecule has 1 amide bonds. The van der Waals surface area contributed by atoms with Gasteiger partial charge in [0.15, 0.2) is 5.78 Å². The average molecular weight is 291 g/mol. The first-order valence-electron chi connectivity index (χ1n) is 6.55. The van der Waals surface area contributed by atoms with Crippen molar-refractivity contribution in [2.45, 2.75) is 19.8 Å². The summed E-state index contributed by atoms with van der Waals surface area (Å²) in [5.41, 5.74) is 0.699. The molecule has 0 bridgehead atoms. The molecule has 0 aromatic heterocycles. The van der Waals surface area contributed by atoms with Crippen LogP contribution in [0.2, 0.25) is 5.02 Å². The minimum Gasteiger partial charge on any atom is -0.312 e. The highest BCUT2D eigenvalue weighted by Crippen LogP contribution is 2.28. The fourth-order valence-electron chi connectivity index (χ4n) is 2.41. The van der Waals surface area contributed by atoms with Gasteiger partial charge in [-0.25, -0.2) is 0 Å². The van der Waals surface area contributed by atoms with Crippen LogP contribution in [-0.4, -0.2) is 18.2 Å². The molecule has 1 aliphatic rings. The van der Waals surface area contributed by atoms with Crippen molar-refractivity contribution in [3.63, 3.8) is 0 Å². The summed E-state index contributed by atoms with van der Waals surface area (Å²) >= 11 is 5.94. The number of carbonyl (C=O) groups is 2. The van der Waals surface area contributed by atoms with Crippen molar-refractivity contribution < 1.29 is 9.59 Å². The molecule has 0 radical (unpaired) electrons. The number of nitriles is 1. The predicted octanol–water partition coefficient (Wildman–Crippen LogP) is 2.81. The second-order valence-electron chi connectivity index (χ2n) is 4.92. The van der Waals surface area contributed by atoms with Gasteiger partial charge >= 0.3 is 0 Å². The number of Topliss-reactive ketones (excluding diaryl/α,β-unsaturated/α-hetero) is 1. The van der Waals surface area contributed by atoms with Crippen LogP contribution in [0.1, 0.15) is 19.8 Å². The van der Waals surface area contributed by atoms with Crippen molar-refractivity contribution in [3.8, 4) is 6.07 Å². The SMILES string of the molecule is C[C@@H](C#N)C(=O)[C@H]1CCCN(c2cccc(Cl)c2)C1=O. The first kappa shape index (κ1) is 14.5. The Bertz CT molecular complexity index is 579. The van der Waals surface area contributed by atoms with Crippen LogP contribution < -0.4 is 4.90 Å². The van der Waals surface area contributed by atoms with Gasteiger partial charge < -0.3 is 4.90 Å². The molecule has 1 saturated heterocycles. The average Bonchev–Trinajstić information content (AvgIpc) is 2.46. The summed E-state index contributed by atoms with van der Waals surface area (Å²) in [6, 6.07) is 8.92. The Labute approximate surface area is 122 Å². The maximum absolute atomic E-state index is 12.5. The Morgan fingerprint density at radius 2 is 2.30 bits per heavy atom. The highest BCUT2D eigenvalue weighted by molar-refractivity contribution is 6.31. The number of benzene rings is 1. The molecule has 0 N–H and O–H groups in total. The first-order valence-corrected chi connectivity index (χ1v) is 6.92. The number of halogens is 1. The number of hydrogen-bond donors (Lipinski definition) is 0. The molecular formula is C15H15ClN2O2. The molecule has 5 heteroatoms. The van der Waals surface area contributed by atoms with E-state index in [9.17, 15) is 9.59 Å². The van der Waals surface area contributed by atoms with Gasteiger partial charge in [-0.3, -0.25) is 9.59 Å². The molecule has 0 saturated carbocycles. The molecule has 104 valence electrons. The molecule has 2 rings (SSSR count). The molecule has 20 heavy (non-hydrogen) atoms. The number of piperidine rings is 1. The van der Waals surface area contributed by atoms with Gasteiger partial charge in [0.2, 0.25) is 5.91 Å². The van der Waals surface area contributed by atoms with Crippen LogP contribution in [0.5, 0.6) is 0 Å². The zero-order valence-electron chi connectivity index (χ0n) is 11.2. The van der Waals surface area contributed by atoms with Crippen molar-refractivity contribution in [1.82, 2.24) is 0 Å². The summed E-state index contributed by atoms with van der Waals surface area (Å²) in [5, 5.41) is 9.38. The normalized spacial score (nSPS) is 20.4. The lowest BCUT2D eigenvalue weighted by Gasteiger charge is -2.32. The van der Waals surface area contributed by atoms with E-state index in [0.29, 0.717) is 23.7 Å². The molecule has 0 unspecified atom stereocenters. The molecule has 1 fully saturated rings. The van der Waals surface area contributed by atoms with Crippen LogP contribution in [0.4, 0.5) is 5.69 Å². The van der Waals surface area contributed by atoms with Crippen molar-refractivity contribution in [2.75, 3.05) is 11.4 Å². The summed E-state index contributed by atoms with van der Waals surface area (Å²) in [6.45, 7) is 2.11. The van der Waals surface area contributed by atoms with E-state index in [0.717, 1.165) is 6.42 Å². The Kier molecular flexibility index (Phi) is 4.41. The minimum atomic E-state index is -0.747. The smallest absolute Gasteiger partial charge is 0.237 e. The topological polar surface area (TPSA) is 61.2 Å². The maximum atomic E-state index is 12.5. The van der Waals surface area contributed by atoms with E-state index in [2.05, 4.69) is 0 Å². The van der Waals surface area contributed by atoms with Gasteiger partial charge in [0.1, 0.15) is 5.92 Å². The molecule has 1 aromatic rings. The quantitative estimate of drug-likeness (QED) is 0.804. The lowest BCUT2D eigenvalue weighted by atomic mass is 9.87. The van der Waals surface area contributed by atoms with Crippen LogP contribution in [-0.2, 0) is 9.59 Å². The number of anilines is 1. The zero-order valence-corrected chi connectivity index (χ0v) is 11.9. The summed E-state index contributed by atoms with van der Waals surface area (Å²) in [4.78, 5) is 26.1. The van der Waals surface area contributed by atoms with Gasteiger partial charge in [-0.1, -0.05) is 17.7 Å². The van der Waals surface area contributed by atoms with E-state index in [1.54, 1.807) is 29.2 Å². The molecule has 4 nitrogen and oxygen atoms in total. The van der Waals surface area contributed by atoms with Crippen molar-refractivity contribution >= 4 is 29.0 Å². The van der Waals surface area contributed by atoms with Crippen LogP contribution in [0.15, 0.2) is 24.3 Å². The van der Waals surface area contributed by atoms with Gasteiger partial charge in [0.05, 0.1) is 12.0 Å². The third kappa shape index (κ3) is 2.83. The molecule has 1 aliphatic heterocycles. The van der Waals surface area contributed by atoms with E-state index in [4.69, 9.17) is 16.9 Å². The van der Waals surface area contributed by atoms with Gasteiger partial charge in [0, 0.05) is 17.3 Å². The van der Waals surface area contributed by atoms with Crippen LogP contribution >= 0.6 is 11.6 Å². The van der Waals surface area contributed by atoms with Crippen LogP contribution in [0, 0.1) is 23.2 Å². The maximum Gasteiger partial charge on any atom is 0.237 e. The standard InChI is InChI=1S/C15H15ClN2O2/c1-10(9-17)14(19)13-6-3-7-18(15(13)20)12-5-2-4-11(16)8-12/h2,4-5,8,10,13H,3,6-7H2,1H3/t10-,13+/m0/s1. The minimum absolute atomic E-state index is 0.231. The van der Waals surface area contributed by atoms with Gasteiger partial charge in [-0.15, -0.1) is 0 Å². The van der Waals surface area contributed by atoms with Crippen LogP contribution in [0.25, 0.3) is 0 Å². The Hall–Kier alpha value is -1.86. The van der Waals surface area contributed by atoms with Gasteiger partial charge in [-0.05, 0) is 38.0 Å². The number of hydrogen-bond acceptors (Lipinski definition) is 3. The highest BCUT2D eigenvalue weighted by atomic mass is 35.5. The number of rotatable bonds is 3. The van der Waals surface area contributed by atoms with E-state index in [-0.39, 0.29) is 11.7 Å². The number of ketones is 1. The Morgan fingerprint density at radius 3 is 2.95 bits per heavy atom. The van der Waals surface area contributed by atoms with Crippen LogP contribution in [0.3, 0.4) is 0 Å². The predicted molar refractivity (Wildman–Crippen MR) is 76.3 cm³/mol. The second kappa shape index (κ2) is 6.06. The van der Waals surface area contributed by atoms with E-state index < -0.39 is 11.8 Å². The third-order valence-corrected chi connectivity index (χ3v) is 3.76. The molecule has 2 atom stereocenters. The summed E-state index contributed by atoms with van der Waals surface area (Å²) in [6.07, 6.45) is 1.26. The molecular weight excluding hydrogens is 276 g/mol. The Balaban J connectivity index is 2.23. The van der Waals surface area contributed by atoms with E-state index >= 15 is 0 Å². The lowest BCUT2D eigenvalue weighted by molar-refractivity contribution is -0.135. The van der Waals surface area contributed by atoms with Crippen molar-refractivity contribution in [1.29, 1.82) is 5.26 Å². The summed E-state index contributed by atoms with van der Waals surface area (Å²) in [7, 11) is 0. The number of amides is 1. The molecule has 1 aromatic carbocycles. The van der Waals surface area contributed by atoms with Crippen molar-refractivity contribution in [2.24, 2.45) is 11.8 Å². The fourth-order valence-corrected chi connectivity index (χ4v) is 2.59. The number of nitrogens with zero attached hydrogens (tertiary/aromatic N) is 2. The monoisotopic (exact) mass is 290 g/mol. The third-order valence-electron chi connectivity index (χ3n) is 3.52. The summed E-state index contributed by atoms with van der Waals surface area (Å²) in [5.74, 6) is -1.98. The first-order chi connectivity index (χ1) is 9.54. The fraction of sp³-hybridized carbons (Fsp3) is 0.400.